The molecule has 0 spiro atoms. The number of aryl methyl sites for hydroxylation is 1. The Morgan fingerprint density at radius 3 is 2.74 bits per heavy atom. The zero-order chi connectivity index (χ0) is 19.1. The maximum atomic E-state index is 13.5. The molecule has 1 amide bonds. The molecular formula is C21H24FN3O2. The fourth-order valence-electron chi connectivity index (χ4n) is 2.87. The van der Waals surface area contributed by atoms with Gasteiger partial charge in [0.2, 0.25) is 5.96 Å². The summed E-state index contributed by atoms with van der Waals surface area (Å²) in [4.78, 5) is 17.0. The highest BCUT2D eigenvalue weighted by molar-refractivity contribution is 6.09. The van der Waals surface area contributed by atoms with E-state index in [1.54, 1.807) is 24.3 Å². The monoisotopic (exact) mass is 369 g/mol. The van der Waals surface area contributed by atoms with Crippen molar-refractivity contribution >= 4 is 17.6 Å². The number of nitrogens with zero attached hydrogens (tertiary/aromatic N) is 1. The molecule has 1 aliphatic rings. The SMILES string of the molecule is CCc1ccc(C(=O)NC(=NC[C@H]2CCCO2)Nc2cccc(F)c2)cc1. The van der Waals surface area contributed by atoms with Crippen LogP contribution in [-0.2, 0) is 11.2 Å². The van der Waals surface area contributed by atoms with Crippen LogP contribution >= 0.6 is 0 Å². The third-order valence-electron chi connectivity index (χ3n) is 4.42. The van der Waals surface area contributed by atoms with Crippen molar-refractivity contribution in [1.82, 2.24) is 5.32 Å². The Morgan fingerprint density at radius 1 is 1.26 bits per heavy atom. The fraction of sp³-hybridized carbons (Fsp3) is 0.333. The molecule has 27 heavy (non-hydrogen) atoms. The van der Waals surface area contributed by atoms with E-state index >= 15 is 0 Å². The van der Waals surface area contributed by atoms with Gasteiger partial charge in [-0.25, -0.2) is 9.38 Å². The van der Waals surface area contributed by atoms with Crippen LogP contribution in [0.5, 0.6) is 0 Å². The zero-order valence-electron chi connectivity index (χ0n) is 15.4. The topological polar surface area (TPSA) is 62.7 Å². The number of guanidine groups is 1. The first-order valence-electron chi connectivity index (χ1n) is 9.23. The molecule has 2 aromatic carbocycles. The smallest absolute Gasteiger partial charge is 0.257 e. The summed E-state index contributed by atoms with van der Waals surface area (Å²) in [7, 11) is 0. The van der Waals surface area contributed by atoms with Gasteiger partial charge in [-0.3, -0.25) is 10.1 Å². The first-order chi connectivity index (χ1) is 13.1. The van der Waals surface area contributed by atoms with Crippen LogP contribution in [0.15, 0.2) is 53.5 Å². The third kappa shape index (κ3) is 5.62. The van der Waals surface area contributed by atoms with Crippen molar-refractivity contribution in [2.45, 2.75) is 32.3 Å². The number of anilines is 1. The molecule has 3 rings (SSSR count). The zero-order valence-corrected chi connectivity index (χ0v) is 15.4. The highest BCUT2D eigenvalue weighted by atomic mass is 19.1. The average Bonchev–Trinajstić information content (AvgIpc) is 3.20. The molecule has 2 N–H and O–H groups in total. The summed E-state index contributed by atoms with van der Waals surface area (Å²) >= 11 is 0. The number of hydrogen-bond acceptors (Lipinski definition) is 3. The number of rotatable bonds is 5. The molecule has 0 unspecified atom stereocenters. The molecule has 0 aromatic heterocycles. The lowest BCUT2D eigenvalue weighted by atomic mass is 10.1. The number of benzene rings is 2. The Kier molecular flexibility index (Phi) is 6.54. The molecule has 142 valence electrons. The molecule has 1 aliphatic heterocycles. The minimum atomic E-state index is -0.361. The van der Waals surface area contributed by atoms with Crippen LogP contribution in [0.25, 0.3) is 0 Å². The van der Waals surface area contributed by atoms with E-state index in [0.29, 0.717) is 17.8 Å². The number of nitrogens with one attached hydrogen (secondary N) is 2. The summed E-state index contributed by atoms with van der Waals surface area (Å²) in [6, 6.07) is 13.5. The first-order valence-corrected chi connectivity index (χ1v) is 9.23. The Labute approximate surface area is 158 Å². The molecule has 5 nitrogen and oxygen atoms in total. The van der Waals surface area contributed by atoms with E-state index in [4.69, 9.17) is 4.74 Å². The lowest BCUT2D eigenvalue weighted by Gasteiger charge is -2.13. The van der Waals surface area contributed by atoms with Crippen molar-refractivity contribution in [2.75, 3.05) is 18.5 Å². The molecule has 0 aliphatic carbocycles. The average molecular weight is 369 g/mol. The molecule has 0 bridgehead atoms. The van der Waals surface area contributed by atoms with Crippen LogP contribution in [0.2, 0.25) is 0 Å². The van der Waals surface area contributed by atoms with E-state index in [0.717, 1.165) is 31.4 Å². The Morgan fingerprint density at radius 2 is 2.07 bits per heavy atom. The lowest BCUT2D eigenvalue weighted by molar-refractivity contribution is 0.0975. The lowest BCUT2D eigenvalue weighted by Crippen LogP contribution is -2.36. The summed E-state index contributed by atoms with van der Waals surface area (Å²) in [5.41, 5.74) is 2.22. The number of hydrogen-bond donors (Lipinski definition) is 2. The quantitative estimate of drug-likeness (QED) is 0.623. The van der Waals surface area contributed by atoms with Gasteiger partial charge in [0.15, 0.2) is 0 Å². The summed E-state index contributed by atoms with van der Waals surface area (Å²) < 4.78 is 19.0. The summed E-state index contributed by atoms with van der Waals surface area (Å²) in [5.74, 6) is -0.353. The van der Waals surface area contributed by atoms with Gasteiger partial charge in [0.1, 0.15) is 5.82 Å². The molecule has 1 saturated heterocycles. The Hall–Kier alpha value is -2.73. The standard InChI is InChI=1S/C21H24FN3O2/c1-2-15-8-10-16(11-9-15)20(26)25-21(23-14-19-7-4-12-27-19)24-18-6-3-5-17(22)13-18/h3,5-6,8-11,13,19H,2,4,7,12,14H2,1H3,(H2,23,24,25,26)/t19-/m1/s1. The molecule has 0 saturated carbocycles. The molecule has 6 heteroatoms. The van der Waals surface area contributed by atoms with Crippen molar-refractivity contribution in [2.24, 2.45) is 4.99 Å². The summed E-state index contributed by atoms with van der Waals surface area (Å²) in [5, 5.41) is 5.77. The minimum Gasteiger partial charge on any atom is -0.376 e. The van der Waals surface area contributed by atoms with Crippen LogP contribution in [0.4, 0.5) is 10.1 Å². The molecular weight excluding hydrogens is 345 g/mol. The number of ether oxygens (including phenoxy) is 1. The highest BCUT2D eigenvalue weighted by Gasteiger charge is 2.16. The van der Waals surface area contributed by atoms with Gasteiger partial charge in [-0.2, -0.15) is 0 Å². The summed E-state index contributed by atoms with van der Waals surface area (Å²) in [6.07, 6.45) is 2.93. The van der Waals surface area contributed by atoms with E-state index in [1.165, 1.54) is 12.1 Å². The van der Waals surface area contributed by atoms with E-state index in [9.17, 15) is 9.18 Å². The highest BCUT2D eigenvalue weighted by Crippen LogP contribution is 2.13. The predicted molar refractivity (Wildman–Crippen MR) is 105 cm³/mol. The Bertz CT molecular complexity index is 799. The maximum absolute atomic E-state index is 13.5. The number of carbonyl (C=O) groups excluding carboxylic acids is 1. The normalized spacial score (nSPS) is 17.0. The van der Waals surface area contributed by atoms with Crippen molar-refractivity contribution in [3.05, 3.63) is 65.5 Å². The van der Waals surface area contributed by atoms with Gasteiger partial charge in [-0.1, -0.05) is 25.1 Å². The van der Waals surface area contributed by atoms with Gasteiger partial charge >= 0.3 is 0 Å². The number of halogens is 1. The Balaban J connectivity index is 1.73. The van der Waals surface area contributed by atoms with E-state index in [1.807, 2.05) is 12.1 Å². The molecule has 2 aromatic rings. The number of amides is 1. The van der Waals surface area contributed by atoms with Gasteiger partial charge in [0.25, 0.3) is 5.91 Å². The van der Waals surface area contributed by atoms with Gasteiger partial charge in [0.05, 0.1) is 12.6 Å². The van der Waals surface area contributed by atoms with Crippen LogP contribution in [0.1, 0.15) is 35.7 Å². The van der Waals surface area contributed by atoms with Crippen LogP contribution in [0, 0.1) is 5.82 Å². The molecule has 0 radical (unpaired) electrons. The van der Waals surface area contributed by atoms with Gasteiger partial charge < -0.3 is 10.1 Å². The number of aliphatic imine (C=N–C) groups is 1. The fourth-order valence-corrected chi connectivity index (χ4v) is 2.87. The second-order valence-corrected chi connectivity index (χ2v) is 6.46. The van der Waals surface area contributed by atoms with Crippen LogP contribution < -0.4 is 10.6 Å². The predicted octanol–water partition coefficient (Wildman–Crippen LogP) is 3.77. The second-order valence-electron chi connectivity index (χ2n) is 6.46. The third-order valence-corrected chi connectivity index (χ3v) is 4.42. The minimum absolute atomic E-state index is 0.0510. The van der Waals surface area contributed by atoms with Crippen molar-refractivity contribution < 1.29 is 13.9 Å². The van der Waals surface area contributed by atoms with E-state index in [-0.39, 0.29) is 23.8 Å². The first kappa shape index (κ1) is 19.0. The number of carbonyl (C=O) groups is 1. The van der Waals surface area contributed by atoms with Crippen LogP contribution in [-0.4, -0.2) is 31.1 Å². The second kappa shape index (κ2) is 9.28. The molecule has 1 atom stereocenters. The maximum Gasteiger partial charge on any atom is 0.257 e. The van der Waals surface area contributed by atoms with Crippen molar-refractivity contribution in [1.29, 1.82) is 0 Å². The van der Waals surface area contributed by atoms with Crippen molar-refractivity contribution in [3.63, 3.8) is 0 Å². The van der Waals surface area contributed by atoms with E-state index in [2.05, 4.69) is 22.5 Å². The molecule has 1 heterocycles. The summed E-state index contributed by atoms with van der Waals surface area (Å²) in [6.45, 7) is 3.24. The van der Waals surface area contributed by atoms with Crippen LogP contribution in [0.3, 0.4) is 0 Å². The van der Waals surface area contributed by atoms with Gasteiger partial charge in [0, 0.05) is 17.9 Å². The van der Waals surface area contributed by atoms with Gasteiger partial charge in [-0.05, 0) is 55.2 Å². The molecule has 1 fully saturated rings. The largest absolute Gasteiger partial charge is 0.376 e. The van der Waals surface area contributed by atoms with E-state index < -0.39 is 0 Å². The van der Waals surface area contributed by atoms with Crippen molar-refractivity contribution in [3.8, 4) is 0 Å². The van der Waals surface area contributed by atoms with Gasteiger partial charge in [-0.15, -0.1) is 0 Å².